The monoisotopic (exact) mass is 474 g/mol. The van der Waals surface area contributed by atoms with Gasteiger partial charge in [-0.3, -0.25) is 19.2 Å². The molecule has 3 aliphatic carbocycles. The van der Waals surface area contributed by atoms with Crippen LogP contribution in [-0.4, -0.2) is 35.9 Å². The average molecular weight is 475 g/mol. The Hall–Kier alpha value is -3.48. The van der Waals surface area contributed by atoms with Gasteiger partial charge in [0.25, 0.3) is 0 Å². The Morgan fingerprint density at radius 2 is 1.49 bits per heavy atom. The Morgan fingerprint density at radius 3 is 2.09 bits per heavy atom. The van der Waals surface area contributed by atoms with Crippen molar-refractivity contribution >= 4 is 23.7 Å². The predicted octanol–water partition coefficient (Wildman–Crippen LogP) is 3.63. The van der Waals surface area contributed by atoms with E-state index in [-0.39, 0.29) is 17.6 Å². The minimum Gasteiger partial charge on any atom is -0.458 e. The number of esters is 3. The van der Waals surface area contributed by atoms with Crippen LogP contribution < -0.4 is 0 Å². The predicted molar refractivity (Wildman–Crippen MR) is 122 cm³/mol. The highest BCUT2D eigenvalue weighted by atomic mass is 16.6. The van der Waals surface area contributed by atoms with Gasteiger partial charge < -0.3 is 14.2 Å². The highest BCUT2D eigenvalue weighted by molar-refractivity contribution is 6.12. The van der Waals surface area contributed by atoms with Crippen LogP contribution in [0.4, 0.5) is 0 Å². The van der Waals surface area contributed by atoms with Crippen LogP contribution in [0.5, 0.6) is 0 Å². The largest absolute Gasteiger partial charge is 0.458 e. The fourth-order valence-corrected chi connectivity index (χ4v) is 6.27. The highest BCUT2D eigenvalue weighted by Gasteiger charge is 2.70. The van der Waals surface area contributed by atoms with Crippen molar-refractivity contribution in [3.8, 4) is 0 Å². The second kappa shape index (κ2) is 7.51. The standard InChI is InChI=1S/C28H26O7/c1-28(2,3)27(32)35-24-18-12-17-19(26(31)34-23(17)24)20(18)25(30)33-22-15-10-6-4-8-13(15)21(29)14-9-5-7-11-16(14)22/h4-11,17-20,22-24H,12H2,1-3H3. The molecule has 1 saturated heterocycles. The average Bonchev–Trinajstić information content (AvgIpc) is 3.45. The molecule has 1 aliphatic heterocycles. The summed E-state index contributed by atoms with van der Waals surface area (Å²) in [7, 11) is 0. The van der Waals surface area contributed by atoms with Gasteiger partial charge in [0, 0.05) is 34.1 Å². The lowest BCUT2D eigenvalue weighted by atomic mass is 9.78. The Labute approximate surface area is 202 Å². The summed E-state index contributed by atoms with van der Waals surface area (Å²) in [5, 5.41) is 0. The van der Waals surface area contributed by atoms with E-state index in [9.17, 15) is 19.2 Å². The summed E-state index contributed by atoms with van der Waals surface area (Å²) in [5.74, 6) is -3.35. The van der Waals surface area contributed by atoms with Crippen LogP contribution in [-0.2, 0) is 28.6 Å². The van der Waals surface area contributed by atoms with Crippen LogP contribution in [0.2, 0.25) is 0 Å². The molecular formula is C28H26O7. The zero-order valence-corrected chi connectivity index (χ0v) is 19.7. The summed E-state index contributed by atoms with van der Waals surface area (Å²) in [4.78, 5) is 52.1. The van der Waals surface area contributed by atoms with Crippen LogP contribution in [0, 0.1) is 29.1 Å². The molecule has 35 heavy (non-hydrogen) atoms. The Balaban J connectivity index is 1.33. The molecule has 180 valence electrons. The lowest BCUT2D eigenvalue weighted by Crippen LogP contribution is -2.45. The van der Waals surface area contributed by atoms with Gasteiger partial charge in [0.2, 0.25) is 0 Å². The fourth-order valence-electron chi connectivity index (χ4n) is 6.27. The molecule has 6 unspecified atom stereocenters. The van der Waals surface area contributed by atoms with Crippen LogP contribution in [0.15, 0.2) is 48.5 Å². The first kappa shape index (κ1) is 22.0. The van der Waals surface area contributed by atoms with Crippen molar-refractivity contribution in [3.63, 3.8) is 0 Å². The van der Waals surface area contributed by atoms with Crippen molar-refractivity contribution < 1.29 is 33.4 Å². The van der Waals surface area contributed by atoms with Gasteiger partial charge in [-0.05, 0) is 27.2 Å². The minimum atomic E-state index is -0.768. The van der Waals surface area contributed by atoms with Crippen molar-refractivity contribution in [1.29, 1.82) is 0 Å². The van der Waals surface area contributed by atoms with Crippen molar-refractivity contribution in [2.75, 3.05) is 0 Å². The summed E-state index contributed by atoms with van der Waals surface area (Å²) in [6.45, 7) is 5.28. The number of benzene rings is 2. The third-order valence-corrected chi connectivity index (χ3v) is 7.88. The lowest BCUT2D eigenvalue weighted by Gasteiger charge is -2.33. The Morgan fingerprint density at radius 1 is 0.886 bits per heavy atom. The maximum Gasteiger partial charge on any atom is 0.311 e. The molecule has 0 radical (unpaired) electrons. The van der Waals surface area contributed by atoms with Crippen molar-refractivity contribution in [2.45, 2.75) is 45.5 Å². The molecule has 2 aromatic rings. The van der Waals surface area contributed by atoms with E-state index in [1.807, 2.05) is 0 Å². The van der Waals surface area contributed by atoms with E-state index in [1.54, 1.807) is 69.3 Å². The zero-order chi connectivity index (χ0) is 24.6. The molecule has 3 fully saturated rings. The lowest BCUT2D eigenvalue weighted by molar-refractivity contribution is -0.173. The fraction of sp³-hybridized carbons (Fsp3) is 0.429. The van der Waals surface area contributed by atoms with Crippen molar-refractivity contribution in [3.05, 3.63) is 70.8 Å². The molecule has 7 heteroatoms. The molecule has 6 rings (SSSR count). The highest BCUT2D eigenvalue weighted by Crippen LogP contribution is 2.59. The topological polar surface area (TPSA) is 96.0 Å². The van der Waals surface area contributed by atoms with E-state index >= 15 is 0 Å². The molecule has 2 bridgehead atoms. The van der Waals surface area contributed by atoms with E-state index in [1.165, 1.54) is 0 Å². The number of hydrogen-bond donors (Lipinski definition) is 0. The summed E-state index contributed by atoms with van der Waals surface area (Å²) in [6, 6.07) is 14.2. The summed E-state index contributed by atoms with van der Waals surface area (Å²) < 4.78 is 17.5. The number of carbonyl (C=O) groups is 4. The number of carbonyl (C=O) groups excluding carboxylic acids is 4. The Kier molecular flexibility index (Phi) is 4.72. The normalized spacial score (nSPS) is 30.5. The number of rotatable bonds is 3. The third kappa shape index (κ3) is 3.17. The van der Waals surface area contributed by atoms with Gasteiger partial charge in [0.05, 0.1) is 17.3 Å². The molecule has 0 N–H and O–H groups in total. The molecule has 7 nitrogen and oxygen atoms in total. The van der Waals surface area contributed by atoms with Gasteiger partial charge in [-0.25, -0.2) is 0 Å². The SMILES string of the molecule is CC(C)(C)C(=O)OC1C2CC3C1OC(=O)C3C2C(=O)OC1c2ccccc2C(=O)c2ccccc21. The van der Waals surface area contributed by atoms with Gasteiger partial charge in [-0.2, -0.15) is 0 Å². The van der Waals surface area contributed by atoms with Gasteiger partial charge in [-0.15, -0.1) is 0 Å². The van der Waals surface area contributed by atoms with E-state index in [2.05, 4.69) is 0 Å². The first-order valence-electron chi connectivity index (χ1n) is 12.0. The first-order chi connectivity index (χ1) is 16.7. The maximum atomic E-state index is 13.7. The summed E-state index contributed by atoms with van der Waals surface area (Å²) >= 11 is 0. The zero-order valence-electron chi connectivity index (χ0n) is 19.7. The van der Waals surface area contributed by atoms with Gasteiger partial charge in [0.15, 0.2) is 11.9 Å². The third-order valence-electron chi connectivity index (χ3n) is 7.88. The molecule has 4 aliphatic rings. The van der Waals surface area contributed by atoms with Gasteiger partial charge in [-0.1, -0.05) is 48.5 Å². The van der Waals surface area contributed by atoms with Crippen LogP contribution in [0.3, 0.4) is 0 Å². The van der Waals surface area contributed by atoms with Gasteiger partial charge in [0.1, 0.15) is 12.2 Å². The summed E-state index contributed by atoms with van der Waals surface area (Å²) in [6.07, 6.45) is -1.38. The summed E-state index contributed by atoms with van der Waals surface area (Å²) in [5.41, 5.74) is 1.51. The second-order valence-corrected chi connectivity index (χ2v) is 11.0. The van der Waals surface area contributed by atoms with Crippen molar-refractivity contribution in [1.82, 2.24) is 0 Å². The number of fused-ring (bicyclic) bond motifs is 3. The van der Waals surface area contributed by atoms with Gasteiger partial charge >= 0.3 is 17.9 Å². The van der Waals surface area contributed by atoms with E-state index in [0.29, 0.717) is 28.7 Å². The molecule has 2 aromatic carbocycles. The quantitative estimate of drug-likeness (QED) is 0.495. The second-order valence-electron chi connectivity index (χ2n) is 11.0. The number of hydrogen-bond acceptors (Lipinski definition) is 7. The molecule has 0 spiro atoms. The molecule has 0 amide bonds. The van der Waals surface area contributed by atoms with Crippen LogP contribution in [0.25, 0.3) is 0 Å². The van der Waals surface area contributed by atoms with Crippen molar-refractivity contribution in [2.24, 2.45) is 29.1 Å². The molecular weight excluding hydrogens is 448 g/mol. The van der Waals surface area contributed by atoms with Crippen LogP contribution >= 0.6 is 0 Å². The Bertz CT molecular complexity index is 1220. The van der Waals surface area contributed by atoms with E-state index in [4.69, 9.17) is 14.2 Å². The maximum absolute atomic E-state index is 13.7. The van der Waals surface area contributed by atoms with E-state index in [0.717, 1.165) is 0 Å². The minimum absolute atomic E-state index is 0.111. The molecule has 1 heterocycles. The smallest absolute Gasteiger partial charge is 0.311 e. The number of ether oxygens (including phenoxy) is 3. The molecule has 0 aromatic heterocycles. The molecule has 2 saturated carbocycles. The van der Waals surface area contributed by atoms with E-state index < -0.39 is 53.5 Å². The molecule has 6 atom stereocenters. The number of ketones is 1. The van der Waals surface area contributed by atoms with Crippen LogP contribution in [0.1, 0.15) is 60.3 Å². The first-order valence-corrected chi connectivity index (χ1v) is 12.0.